The molecule has 2 aliphatic heterocycles. The van der Waals surface area contributed by atoms with Gasteiger partial charge in [0.2, 0.25) is 0 Å². The lowest BCUT2D eigenvalue weighted by atomic mass is 9.84. The van der Waals surface area contributed by atoms with Crippen molar-refractivity contribution in [1.82, 2.24) is 10.3 Å². The number of aromatic nitrogens is 1. The maximum Gasteiger partial charge on any atom is 0.327 e. The van der Waals surface area contributed by atoms with Crippen LogP contribution in [0.4, 0.5) is 16.2 Å². The summed E-state index contributed by atoms with van der Waals surface area (Å²) in [6, 6.07) is 10.6. The Morgan fingerprint density at radius 3 is 2.92 bits per heavy atom. The number of hydrogen-bond donors (Lipinski definition) is 1. The van der Waals surface area contributed by atoms with Gasteiger partial charge >= 0.3 is 6.03 Å². The molecule has 3 aliphatic rings. The second-order valence-electron chi connectivity index (χ2n) is 7.13. The number of rotatable bonds is 2. The summed E-state index contributed by atoms with van der Waals surface area (Å²) in [5.74, 6) is 1.51. The van der Waals surface area contributed by atoms with Crippen LogP contribution in [0.15, 0.2) is 41.6 Å². The fraction of sp³-hybridized carbons (Fsp3) is 0.400. The van der Waals surface area contributed by atoms with Crippen LogP contribution in [0.2, 0.25) is 0 Å². The lowest BCUT2D eigenvalue weighted by Gasteiger charge is -2.33. The zero-order valence-corrected chi connectivity index (χ0v) is 14.9. The molecule has 25 heavy (non-hydrogen) atoms. The van der Waals surface area contributed by atoms with E-state index in [0.29, 0.717) is 5.92 Å². The van der Waals surface area contributed by atoms with Gasteiger partial charge in [-0.15, -0.1) is 11.8 Å². The topological polar surface area (TPSA) is 45.2 Å². The number of nitrogens with one attached hydrogen (secondary N) is 1. The van der Waals surface area contributed by atoms with Gasteiger partial charge in [-0.2, -0.15) is 0 Å². The van der Waals surface area contributed by atoms with E-state index in [4.69, 9.17) is 0 Å². The highest BCUT2D eigenvalue weighted by Gasteiger charge is 2.37. The van der Waals surface area contributed by atoms with E-state index in [1.165, 1.54) is 43.2 Å². The Labute approximate surface area is 152 Å². The third-order valence-electron chi connectivity index (χ3n) is 5.61. The number of anilines is 2. The molecule has 1 unspecified atom stereocenters. The average Bonchev–Trinajstić information content (AvgIpc) is 3.07. The molecule has 0 saturated heterocycles. The first-order chi connectivity index (χ1) is 12.3. The van der Waals surface area contributed by atoms with Crippen LogP contribution in [0.1, 0.15) is 55.2 Å². The van der Waals surface area contributed by atoms with Crippen molar-refractivity contribution >= 4 is 29.2 Å². The number of carbonyl (C=O) groups is 1. The number of thioether (sulfide) groups is 1. The summed E-state index contributed by atoms with van der Waals surface area (Å²) >= 11 is 1.73. The van der Waals surface area contributed by atoms with Crippen molar-refractivity contribution < 1.29 is 4.79 Å². The lowest BCUT2D eigenvalue weighted by molar-refractivity contribution is 0.244. The molecule has 3 heterocycles. The second kappa shape index (κ2) is 6.06. The van der Waals surface area contributed by atoms with Crippen molar-refractivity contribution in [3.63, 3.8) is 0 Å². The third kappa shape index (κ3) is 2.53. The molecular weight excluding hydrogens is 330 g/mol. The van der Waals surface area contributed by atoms with E-state index in [2.05, 4.69) is 28.5 Å². The van der Waals surface area contributed by atoms with E-state index < -0.39 is 0 Å². The Kier molecular flexibility index (Phi) is 3.70. The monoisotopic (exact) mass is 351 g/mol. The number of urea groups is 1. The molecule has 1 N–H and O–H groups in total. The molecule has 0 bridgehead atoms. The maximum atomic E-state index is 12.8. The van der Waals surface area contributed by atoms with E-state index >= 15 is 0 Å². The molecule has 4 nitrogen and oxygen atoms in total. The molecule has 5 rings (SSSR count). The van der Waals surface area contributed by atoms with Crippen LogP contribution in [0.25, 0.3) is 0 Å². The average molecular weight is 351 g/mol. The van der Waals surface area contributed by atoms with Crippen LogP contribution < -0.4 is 10.2 Å². The zero-order valence-electron chi connectivity index (χ0n) is 14.1. The molecule has 2 amide bonds. The van der Waals surface area contributed by atoms with Crippen LogP contribution >= 0.6 is 11.8 Å². The van der Waals surface area contributed by atoms with E-state index in [-0.39, 0.29) is 12.1 Å². The van der Waals surface area contributed by atoms with E-state index in [9.17, 15) is 4.79 Å². The van der Waals surface area contributed by atoms with Crippen molar-refractivity contribution in [1.29, 1.82) is 0 Å². The highest BCUT2D eigenvalue weighted by molar-refractivity contribution is 7.99. The summed E-state index contributed by atoms with van der Waals surface area (Å²) < 4.78 is 0. The summed E-state index contributed by atoms with van der Waals surface area (Å²) in [6.07, 6.45) is 8.33. The van der Waals surface area contributed by atoms with Gasteiger partial charge in [0.15, 0.2) is 0 Å². The van der Waals surface area contributed by atoms with E-state index in [1.54, 1.807) is 11.8 Å². The van der Waals surface area contributed by atoms with Gasteiger partial charge in [-0.1, -0.05) is 31.4 Å². The Hall–Kier alpha value is -2.01. The van der Waals surface area contributed by atoms with E-state index in [0.717, 1.165) is 22.2 Å². The molecule has 0 radical (unpaired) electrons. The number of carbonyl (C=O) groups excluding carboxylic acids is 1. The third-order valence-corrected chi connectivity index (χ3v) is 6.71. The maximum absolute atomic E-state index is 12.8. The normalized spacial score (nSPS) is 22.6. The Balaban J connectivity index is 1.56. The summed E-state index contributed by atoms with van der Waals surface area (Å²) in [5, 5.41) is 4.20. The summed E-state index contributed by atoms with van der Waals surface area (Å²) in [6.45, 7) is 0. The van der Waals surface area contributed by atoms with Crippen LogP contribution in [0.5, 0.6) is 0 Å². The number of nitrogens with zero attached hydrogens (tertiary/aromatic N) is 2. The number of hydrogen-bond acceptors (Lipinski definition) is 3. The fourth-order valence-electron chi connectivity index (χ4n) is 4.37. The predicted octanol–water partition coefficient (Wildman–Crippen LogP) is 5.14. The molecule has 1 aromatic carbocycles. The largest absolute Gasteiger partial charge is 0.330 e. The van der Waals surface area contributed by atoms with Gasteiger partial charge < -0.3 is 5.32 Å². The van der Waals surface area contributed by atoms with Crippen LogP contribution in [-0.2, 0) is 0 Å². The van der Waals surface area contributed by atoms with Gasteiger partial charge in [-0.3, -0.25) is 4.90 Å². The highest BCUT2D eigenvalue weighted by Crippen LogP contribution is 2.46. The molecule has 2 aromatic rings. The predicted molar refractivity (Wildman–Crippen MR) is 101 cm³/mol. The summed E-state index contributed by atoms with van der Waals surface area (Å²) in [4.78, 5) is 19.1. The molecule has 1 atom stereocenters. The molecule has 0 spiro atoms. The molecule has 1 aromatic heterocycles. The number of benzene rings is 1. The van der Waals surface area contributed by atoms with Gasteiger partial charge in [0.25, 0.3) is 0 Å². The van der Waals surface area contributed by atoms with Crippen LogP contribution in [0, 0.1) is 0 Å². The van der Waals surface area contributed by atoms with Crippen molar-refractivity contribution in [3.05, 3.63) is 47.7 Å². The fourth-order valence-corrected chi connectivity index (χ4v) is 5.49. The minimum absolute atomic E-state index is 0.0297. The van der Waals surface area contributed by atoms with Crippen LogP contribution in [0.3, 0.4) is 0 Å². The second-order valence-corrected chi connectivity index (χ2v) is 8.14. The van der Waals surface area contributed by atoms with Crippen LogP contribution in [-0.4, -0.2) is 16.8 Å². The SMILES string of the molecule is O=C1NC2CSc3nccc(c32)N1c1cccc(C2CCCCC2)c1. The van der Waals surface area contributed by atoms with Crippen molar-refractivity contribution in [3.8, 4) is 0 Å². The Morgan fingerprint density at radius 2 is 2.04 bits per heavy atom. The molecule has 1 saturated carbocycles. The van der Waals surface area contributed by atoms with Gasteiger partial charge in [0, 0.05) is 17.5 Å². The minimum atomic E-state index is -0.0297. The minimum Gasteiger partial charge on any atom is -0.330 e. The number of pyridine rings is 1. The van der Waals surface area contributed by atoms with Gasteiger partial charge in [-0.25, -0.2) is 9.78 Å². The summed E-state index contributed by atoms with van der Waals surface area (Å²) in [7, 11) is 0. The standard InChI is InChI=1S/C20H21N3OS/c24-20-22-16-12-25-19-18(16)17(9-10-21-19)23(20)15-8-4-7-14(11-15)13-5-2-1-3-6-13/h4,7-11,13,16H,1-3,5-6,12H2,(H,22,24). The summed E-state index contributed by atoms with van der Waals surface area (Å²) in [5.41, 5.74) is 4.50. The van der Waals surface area contributed by atoms with Crippen molar-refractivity contribution in [2.24, 2.45) is 0 Å². The van der Waals surface area contributed by atoms with Crippen molar-refractivity contribution in [2.75, 3.05) is 10.7 Å². The van der Waals surface area contributed by atoms with E-state index in [1.807, 2.05) is 23.2 Å². The first kappa shape index (κ1) is 15.3. The van der Waals surface area contributed by atoms with Gasteiger partial charge in [-0.05, 0) is 42.5 Å². The molecule has 128 valence electrons. The zero-order chi connectivity index (χ0) is 16.8. The first-order valence-corrected chi connectivity index (χ1v) is 10.1. The Bertz CT molecular complexity index is 831. The Morgan fingerprint density at radius 1 is 1.16 bits per heavy atom. The molecular formula is C20H21N3OS. The molecule has 1 fully saturated rings. The molecule has 5 heteroatoms. The number of amides is 2. The van der Waals surface area contributed by atoms with Crippen molar-refractivity contribution in [2.45, 2.75) is 49.1 Å². The molecule has 1 aliphatic carbocycles. The van der Waals surface area contributed by atoms with Gasteiger partial charge in [0.1, 0.15) is 5.03 Å². The highest BCUT2D eigenvalue weighted by atomic mass is 32.2. The van der Waals surface area contributed by atoms with Gasteiger partial charge in [0.05, 0.1) is 17.4 Å². The quantitative estimate of drug-likeness (QED) is 0.815. The first-order valence-electron chi connectivity index (χ1n) is 9.13. The lowest BCUT2D eigenvalue weighted by Crippen LogP contribution is -2.44. The smallest absolute Gasteiger partial charge is 0.327 e.